The summed E-state index contributed by atoms with van der Waals surface area (Å²) in [4.78, 5) is 0.182. The summed E-state index contributed by atoms with van der Waals surface area (Å²) in [5.41, 5.74) is 3.40. The fourth-order valence-electron chi connectivity index (χ4n) is 2.73. The van der Waals surface area contributed by atoms with Gasteiger partial charge in [-0.2, -0.15) is 5.10 Å². The van der Waals surface area contributed by atoms with Crippen LogP contribution in [0.3, 0.4) is 0 Å². The summed E-state index contributed by atoms with van der Waals surface area (Å²) in [6.07, 6.45) is 3.46. The van der Waals surface area contributed by atoms with Crippen LogP contribution in [-0.2, 0) is 23.5 Å². The van der Waals surface area contributed by atoms with E-state index in [1.807, 2.05) is 37.3 Å². The average molecular weight is 355 g/mol. The number of rotatable bonds is 6. The maximum Gasteiger partial charge on any atom is 0.243 e. The van der Waals surface area contributed by atoms with Gasteiger partial charge < -0.3 is 0 Å². The Labute approximate surface area is 148 Å². The molecular formula is C19H21N3O2S. The second-order valence-electron chi connectivity index (χ2n) is 6.14. The van der Waals surface area contributed by atoms with Gasteiger partial charge in [0.25, 0.3) is 0 Å². The molecule has 0 saturated carbocycles. The lowest BCUT2D eigenvalue weighted by atomic mass is 10.0. The highest BCUT2D eigenvalue weighted by Crippen LogP contribution is 2.20. The first kappa shape index (κ1) is 17.4. The molecule has 0 unspecified atom stereocenters. The van der Waals surface area contributed by atoms with Crippen LogP contribution in [0.15, 0.2) is 71.9 Å². The largest absolute Gasteiger partial charge is 0.274 e. The monoisotopic (exact) mass is 355 g/mol. The first-order valence-corrected chi connectivity index (χ1v) is 9.58. The van der Waals surface area contributed by atoms with Gasteiger partial charge in [-0.05, 0) is 30.0 Å². The van der Waals surface area contributed by atoms with E-state index in [4.69, 9.17) is 0 Å². The van der Waals surface area contributed by atoms with Crippen LogP contribution in [0.2, 0.25) is 0 Å². The Kier molecular flexibility index (Phi) is 5.01. The summed E-state index contributed by atoms with van der Waals surface area (Å²) < 4.78 is 28.8. The Morgan fingerprint density at radius 3 is 2.28 bits per heavy atom. The lowest BCUT2D eigenvalue weighted by molar-refractivity contribution is 0.559. The molecule has 1 N–H and O–H groups in total. The SMILES string of the molecule is C[C@@H](Cc1ccc(-c2ccccc2)cc1)NS(=O)(=O)c1cnn(C)c1. The van der Waals surface area contributed by atoms with E-state index in [0.717, 1.165) is 11.1 Å². The normalized spacial score (nSPS) is 12.9. The van der Waals surface area contributed by atoms with Crippen LogP contribution in [0.5, 0.6) is 0 Å². The van der Waals surface area contributed by atoms with Gasteiger partial charge >= 0.3 is 0 Å². The van der Waals surface area contributed by atoms with E-state index in [0.29, 0.717) is 6.42 Å². The molecule has 130 valence electrons. The number of aromatic nitrogens is 2. The van der Waals surface area contributed by atoms with Gasteiger partial charge in [-0.3, -0.25) is 4.68 Å². The zero-order valence-corrected chi connectivity index (χ0v) is 15.1. The Morgan fingerprint density at radius 2 is 1.68 bits per heavy atom. The quantitative estimate of drug-likeness (QED) is 0.739. The van der Waals surface area contributed by atoms with Crippen molar-refractivity contribution in [3.8, 4) is 11.1 Å². The van der Waals surface area contributed by atoms with Crippen LogP contribution in [0.25, 0.3) is 11.1 Å². The van der Waals surface area contributed by atoms with Gasteiger partial charge in [0, 0.05) is 19.3 Å². The summed E-state index contributed by atoms with van der Waals surface area (Å²) in [5.74, 6) is 0. The number of hydrogen-bond acceptors (Lipinski definition) is 3. The molecule has 25 heavy (non-hydrogen) atoms. The highest BCUT2D eigenvalue weighted by Gasteiger charge is 2.19. The van der Waals surface area contributed by atoms with E-state index in [-0.39, 0.29) is 10.9 Å². The third-order valence-electron chi connectivity index (χ3n) is 3.95. The first-order valence-electron chi connectivity index (χ1n) is 8.09. The molecule has 1 aromatic heterocycles. The molecule has 0 aliphatic heterocycles. The number of nitrogens with zero attached hydrogens (tertiary/aromatic N) is 2. The molecule has 6 heteroatoms. The third-order valence-corrected chi connectivity index (χ3v) is 5.49. The highest BCUT2D eigenvalue weighted by molar-refractivity contribution is 7.89. The van der Waals surface area contributed by atoms with Gasteiger partial charge in [-0.15, -0.1) is 0 Å². The Morgan fingerprint density at radius 1 is 1.04 bits per heavy atom. The summed E-state index contributed by atoms with van der Waals surface area (Å²) in [6, 6.07) is 18.1. The van der Waals surface area contributed by atoms with Crippen molar-refractivity contribution in [2.24, 2.45) is 7.05 Å². The fourth-order valence-corrected chi connectivity index (χ4v) is 3.96. The Hall–Kier alpha value is -2.44. The second kappa shape index (κ2) is 7.21. The summed E-state index contributed by atoms with van der Waals surface area (Å²) >= 11 is 0. The van der Waals surface area contributed by atoms with E-state index in [2.05, 4.69) is 34.1 Å². The minimum Gasteiger partial charge on any atom is -0.274 e. The topological polar surface area (TPSA) is 64.0 Å². The fraction of sp³-hybridized carbons (Fsp3) is 0.211. The van der Waals surface area contributed by atoms with Crippen molar-refractivity contribution in [1.82, 2.24) is 14.5 Å². The van der Waals surface area contributed by atoms with Crippen molar-refractivity contribution in [1.29, 1.82) is 0 Å². The standard InChI is InChI=1S/C19H21N3O2S/c1-15(21-25(23,24)19-13-20-22(2)14-19)12-16-8-10-18(11-9-16)17-6-4-3-5-7-17/h3-11,13-15,21H,12H2,1-2H3/t15-/m0/s1. The zero-order valence-electron chi connectivity index (χ0n) is 14.3. The first-order chi connectivity index (χ1) is 11.9. The molecule has 0 aliphatic rings. The smallest absolute Gasteiger partial charge is 0.243 e. The van der Waals surface area contributed by atoms with Gasteiger partial charge in [0.1, 0.15) is 4.90 Å². The molecule has 3 aromatic rings. The predicted molar refractivity (Wildman–Crippen MR) is 98.6 cm³/mol. The van der Waals surface area contributed by atoms with Crippen molar-refractivity contribution < 1.29 is 8.42 Å². The van der Waals surface area contributed by atoms with E-state index in [1.54, 1.807) is 7.05 Å². The lowest BCUT2D eigenvalue weighted by Gasteiger charge is -2.14. The molecule has 0 amide bonds. The number of benzene rings is 2. The van der Waals surface area contributed by atoms with Crippen molar-refractivity contribution in [3.63, 3.8) is 0 Å². The van der Waals surface area contributed by atoms with Crippen LogP contribution in [0.4, 0.5) is 0 Å². The molecule has 0 aliphatic carbocycles. The van der Waals surface area contributed by atoms with Crippen LogP contribution >= 0.6 is 0 Å². The van der Waals surface area contributed by atoms with Crippen molar-refractivity contribution in [3.05, 3.63) is 72.6 Å². The molecule has 2 aromatic carbocycles. The number of sulfonamides is 1. The van der Waals surface area contributed by atoms with E-state index >= 15 is 0 Å². The van der Waals surface area contributed by atoms with Gasteiger partial charge in [-0.1, -0.05) is 54.6 Å². The number of hydrogen-bond donors (Lipinski definition) is 1. The van der Waals surface area contributed by atoms with E-state index < -0.39 is 10.0 Å². The molecule has 1 atom stereocenters. The second-order valence-corrected chi connectivity index (χ2v) is 7.85. The third kappa shape index (κ3) is 4.35. The van der Waals surface area contributed by atoms with Crippen LogP contribution in [-0.4, -0.2) is 24.2 Å². The molecule has 0 saturated heterocycles. The molecule has 0 spiro atoms. The molecule has 1 heterocycles. The Balaban J connectivity index is 1.66. The molecular weight excluding hydrogens is 334 g/mol. The molecule has 5 nitrogen and oxygen atoms in total. The predicted octanol–water partition coefficient (Wildman–Crippen LogP) is 3.00. The Bertz CT molecular complexity index is 932. The minimum atomic E-state index is -3.54. The molecule has 0 bridgehead atoms. The van der Waals surface area contributed by atoms with Gasteiger partial charge in [0.2, 0.25) is 10.0 Å². The van der Waals surface area contributed by atoms with Gasteiger partial charge in [0.15, 0.2) is 0 Å². The zero-order chi connectivity index (χ0) is 17.9. The van der Waals surface area contributed by atoms with Crippen LogP contribution in [0.1, 0.15) is 12.5 Å². The highest BCUT2D eigenvalue weighted by atomic mass is 32.2. The molecule has 0 fully saturated rings. The van der Waals surface area contributed by atoms with Crippen LogP contribution in [0, 0.1) is 0 Å². The molecule has 0 radical (unpaired) electrons. The maximum absolute atomic E-state index is 12.3. The maximum atomic E-state index is 12.3. The van der Waals surface area contributed by atoms with Crippen LogP contribution < -0.4 is 4.72 Å². The van der Waals surface area contributed by atoms with E-state index in [1.165, 1.54) is 22.6 Å². The lowest BCUT2D eigenvalue weighted by Crippen LogP contribution is -2.33. The van der Waals surface area contributed by atoms with Gasteiger partial charge in [-0.25, -0.2) is 13.1 Å². The van der Waals surface area contributed by atoms with Gasteiger partial charge in [0.05, 0.1) is 6.20 Å². The van der Waals surface area contributed by atoms with Crippen molar-refractivity contribution in [2.45, 2.75) is 24.3 Å². The van der Waals surface area contributed by atoms with E-state index in [9.17, 15) is 8.42 Å². The summed E-state index contributed by atoms with van der Waals surface area (Å²) in [7, 11) is -1.85. The minimum absolute atomic E-state index is 0.182. The summed E-state index contributed by atoms with van der Waals surface area (Å²) in [6.45, 7) is 1.86. The molecule has 3 rings (SSSR count). The number of nitrogens with one attached hydrogen (secondary N) is 1. The average Bonchev–Trinajstić information content (AvgIpc) is 3.03. The van der Waals surface area contributed by atoms with Crippen molar-refractivity contribution in [2.75, 3.05) is 0 Å². The summed E-state index contributed by atoms with van der Waals surface area (Å²) in [5, 5.41) is 3.91. The van der Waals surface area contributed by atoms with Crippen molar-refractivity contribution >= 4 is 10.0 Å². The number of aryl methyl sites for hydroxylation is 1.